The topological polar surface area (TPSA) is 50.2 Å². The minimum Gasteiger partial charge on any atom is -0.478 e. The van der Waals surface area contributed by atoms with Crippen LogP contribution < -0.4 is 0 Å². The minimum atomic E-state index is -0.942. The first-order chi connectivity index (χ1) is 6.24. The maximum absolute atomic E-state index is 10.5. The second kappa shape index (κ2) is 4.40. The monoisotopic (exact) mass is 177 g/mol. The molecule has 0 radical (unpaired) electrons. The Morgan fingerprint density at radius 2 is 2.38 bits per heavy atom. The summed E-state index contributed by atoms with van der Waals surface area (Å²) >= 11 is 0. The highest BCUT2D eigenvalue weighted by molar-refractivity contribution is 5.87. The number of nitrogens with zero attached hydrogens (tertiary/aromatic N) is 1. The third kappa shape index (κ3) is 2.71. The van der Waals surface area contributed by atoms with Gasteiger partial charge in [-0.1, -0.05) is 6.08 Å². The van der Waals surface area contributed by atoms with Gasteiger partial charge in [-0.05, 0) is 25.0 Å². The second-order valence-corrected chi connectivity index (χ2v) is 2.67. The molecule has 68 valence electrons. The van der Waals surface area contributed by atoms with Crippen LogP contribution in [0.3, 0.4) is 0 Å². The highest BCUT2D eigenvalue weighted by Gasteiger charge is 2.01. The summed E-state index contributed by atoms with van der Waals surface area (Å²) in [6.07, 6.45) is 4.86. The van der Waals surface area contributed by atoms with Crippen molar-refractivity contribution in [2.75, 3.05) is 0 Å². The van der Waals surface area contributed by atoms with Crippen LogP contribution in [0.4, 0.5) is 0 Å². The summed E-state index contributed by atoms with van der Waals surface area (Å²) in [7, 11) is 0. The number of aromatic nitrogens is 1. The van der Waals surface area contributed by atoms with Crippen molar-refractivity contribution in [2.45, 2.75) is 12.8 Å². The van der Waals surface area contributed by atoms with Crippen molar-refractivity contribution in [3.8, 4) is 0 Å². The smallest absolute Gasteiger partial charge is 0.337 e. The molecule has 0 unspecified atom stereocenters. The lowest BCUT2D eigenvalue weighted by atomic mass is 10.2. The summed E-state index contributed by atoms with van der Waals surface area (Å²) in [4.78, 5) is 14.5. The van der Waals surface area contributed by atoms with E-state index in [1.54, 1.807) is 12.1 Å². The van der Waals surface area contributed by atoms with Crippen LogP contribution in [0.2, 0.25) is 0 Å². The van der Waals surface area contributed by atoms with Crippen molar-refractivity contribution in [2.24, 2.45) is 0 Å². The van der Waals surface area contributed by atoms with Crippen molar-refractivity contribution in [1.82, 2.24) is 4.98 Å². The summed E-state index contributed by atoms with van der Waals surface area (Å²) in [5.74, 6) is -0.942. The largest absolute Gasteiger partial charge is 0.478 e. The Kier molecular flexibility index (Phi) is 3.20. The Morgan fingerprint density at radius 3 is 2.85 bits per heavy atom. The number of aromatic carboxylic acids is 1. The molecule has 0 amide bonds. The average Bonchev–Trinajstić information content (AvgIpc) is 2.15. The van der Waals surface area contributed by atoms with Gasteiger partial charge in [0.1, 0.15) is 0 Å². The third-order valence-electron chi connectivity index (χ3n) is 1.68. The van der Waals surface area contributed by atoms with Gasteiger partial charge in [-0.15, -0.1) is 6.58 Å². The fourth-order valence-electron chi connectivity index (χ4n) is 0.949. The van der Waals surface area contributed by atoms with Gasteiger partial charge >= 0.3 is 5.97 Å². The van der Waals surface area contributed by atoms with Gasteiger partial charge in [-0.25, -0.2) is 4.79 Å². The quantitative estimate of drug-likeness (QED) is 0.714. The molecular weight excluding hydrogens is 166 g/mol. The van der Waals surface area contributed by atoms with Crippen LogP contribution in [-0.4, -0.2) is 16.1 Å². The molecule has 1 aromatic heterocycles. The third-order valence-corrected chi connectivity index (χ3v) is 1.68. The van der Waals surface area contributed by atoms with E-state index < -0.39 is 5.97 Å². The zero-order valence-corrected chi connectivity index (χ0v) is 7.23. The van der Waals surface area contributed by atoms with Gasteiger partial charge in [-0.2, -0.15) is 0 Å². The van der Waals surface area contributed by atoms with Crippen LogP contribution in [0.1, 0.15) is 22.5 Å². The number of carboxylic acid groups (broad SMARTS) is 1. The van der Waals surface area contributed by atoms with Gasteiger partial charge in [0.15, 0.2) is 0 Å². The number of carboxylic acids is 1. The summed E-state index contributed by atoms with van der Waals surface area (Å²) in [5.41, 5.74) is 1.12. The SMILES string of the molecule is C=CCCc1ccc(C(=O)O)cn1. The van der Waals surface area contributed by atoms with E-state index in [9.17, 15) is 4.79 Å². The first-order valence-corrected chi connectivity index (χ1v) is 4.03. The van der Waals surface area contributed by atoms with Gasteiger partial charge in [-0.3, -0.25) is 4.98 Å². The van der Waals surface area contributed by atoms with Crippen molar-refractivity contribution in [3.05, 3.63) is 42.2 Å². The lowest BCUT2D eigenvalue weighted by molar-refractivity contribution is 0.0696. The van der Waals surface area contributed by atoms with E-state index in [1.165, 1.54) is 6.20 Å². The molecule has 0 bridgehead atoms. The minimum absolute atomic E-state index is 0.224. The second-order valence-electron chi connectivity index (χ2n) is 2.67. The molecule has 0 aliphatic carbocycles. The van der Waals surface area contributed by atoms with Crippen LogP contribution in [0.5, 0.6) is 0 Å². The summed E-state index contributed by atoms with van der Waals surface area (Å²) in [6.45, 7) is 3.60. The number of rotatable bonds is 4. The van der Waals surface area contributed by atoms with Crippen LogP contribution in [0.15, 0.2) is 31.0 Å². The predicted octanol–water partition coefficient (Wildman–Crippen LogP) is 1.90. The number of aryl methyl sites for hydroxylation is 1. The molecule has 0 fully saturated rings. The van der Waals surface area contributed by atoms with Gasteiger partial charge in [0, 0.05) is 11.9 Å². The highest BCUT2D eigenvalue weighted by atomic mass is 16.4. The van der Waals surface area contributed by atoms with E-state index in [0.717, 1.165) is 18.5 Å². The first-order valence-electron chi connectivity index (χ1n) is 4.03. The van der Waals surface area contributed by atoms with Crippen LogP contribution in [-0.2, 0) is 6.42 Å². The molecule has 0 aliphatic rings. The summed E-state index contributed by atoms with van der Waals surface area (Å²) in [6, 6.07) is 3.29. The van der Waals surface area contributed by atoms with Crippen molar-refractivity contribution < 1.29 is 9.90 Å². The molecule has 13 heavy (non-hydrogen) atoms. The molecule has 1 aromatic rings. The maximum Gasteiger partial charge on any atom is 0.337 e. The van der Waals surface area contributed by atoms with Gasteiger partial charge in [0.25, 0.3) is 0 Å². The molecule has 3 nitrogen and oxygen atoms in total. The lowest BCUT2D eigenvalue weighted by Crippen LogP contribution is -1.98. The normalized spacial score (nSPS) is 9.54. The van der Waals surface area contributed by atoms with E-state index in [1.807, 2.05) is 6.08 Å². The van der Waals surface area contributed by atoms with Crippen LogP contribution in [0, 0.1) is 0 Å². The van der Waals surface area contributed by atoms with E-state index >= 15 is 0 Å². The Labute approximate surface area is 76.7 Å². The highest BCUT2D eigenvalue weighted by Crippen LogP contribution is 2.02. The summed E-state index contributed by atoms with van der Waals surface area (Å²) < 4.78 is 0. The fraction of sp³-hybridized carbons (Fsp3) is 0.200. The molecular formula is C10H11NO2. The Balaban J connectivity index is 2.69. The van der Waals surface area contributed by atoms with Crippen LogP contribution in [0.25, 0.3) is 0 Å². The van der Waals surface area contributed by atoms with Gasteiger partial charge in [0.05, 0.1) is 5.56 Å². The van der Waals surface area contributed by atoms with Gasteiger partial charge in [0.2, 0.25) is 0 Å². The maximum atomic E-state index is 10.5. The molecule has 0 saturated carbocycles. The zero-order valence-electron chi connectivity index (χ0n) is 7.23. The van der Waals surface area contributed by atoms with Crippen molar-refractivity contribution in [3.63, 3.8) is 0 Å². The number of hydrogen-bond donors (Lipinski definition) is 1. The van der Waals surface area contributed by atoms with E-state index in [0.29, 0.717) is 0 Å². The van der Waals surface area contributed by atoms with E-state index in [2.05, 4.69) is 11.6 Å². The average molecular weight is 177 g/mol. The zero-order chi connectivity index (χ0) is 9.68. The van der Waals surface area contributed by atoms with E-state index in [4.69, 9.17) is 5.11 Å². The summed E-state index contributed by atoms with van der Waals surface area (Å²) in [5, 5.41) is 8.60. The van der Waals surface area contributed by atoms with Gasteiger partial charge < -0.3 is 5.11 Å². The standard InChI is InChI=1S/C10H11NO2/c1-2-3-4-9-6-5-8(7-11-9)10(12)13/h2,5-7H,1,3-4H2,(H,12,13). The Hall–Kier alpha value is -1.64. The van der Waals surface area contributed by atoms with Crippen molar-refractivity contribution in [1.29, 1.82) is 0 Å². The number of allylic oxidation sites excluding steroid dienone is 1. The predicted molar refractivity (Wildman–Crippen MR) is 49.7 cm³/mol. The number of carbonyl (C=O) groups is 1. The van der Waals surface area contributed by atoms with E-state index in [-0.39, 0.29) is 5.56 Å². The molecule has 1 rings (SSSR count). The molecule has 0 saturated heterocycles. The van der Waals surface area contributed by atoms with Crippen LogP contribution >= 0.6 is 0 Å². The molecule has 3 heteroatoms. The fourth-order valence-corrected chi connectivity index (χ4v) is 0.949. The Bertz CT molecular complexity index is 303. The number of hydrogen-bond acceptors (Lipinski definition) is 2. The lowest BCUT2D eigenvalue weighted by Gasteiger charge is -1.97. The Morgan fingerprint density at radius 1 is 1.62 bits per heavy atom. The van der Waals surface area contributed by atoms with Crippen molar-refractivity contribution >= 4 is 5.97 Å². The molecule has 1 N–H and O–H groups in total. The molecule has 0 atom stereocenters. The molecule has 1 heterocycles. The number of pyridine rings is 1. The first kappa shape index (κ1) is 9.45. The molecule has 0 aliphatic heterocycles. The molecule has 0 aromatic carbocycles. The molecule has 0 spiro atoms.